The van der Waals surface area contributed by atoms with Crippen LogP contribution in [0.1, 0.15) is 24.8 Å². The number of hydrogen-bond acceptors (Lipinski definition) is 4. The van der Waals surface area contributed by atoms with Crippen LogP contribution in [0.4, 0.5) is 5.69 Å². The molecule has 1 fully saturated rings. The summed E-state index contributed by atoms with van der Waals surface area (Å²) in [6, 6.07) is 8.02. The molecule has 96 valence electrons. The molecule has 1 aromatic rings. The van der Waals surface area contributed by atoms with E-state index in [0.29, 0.717) is 17.7 Å². The highest BCUT2D eigenvalue weighted by Crippen LogP contribution is 2.28. The maximum Gasteiger partial charge on any atom is 0.121 e. The molecule has 18 heavy (non-hydrogen) atoms. The topological polar surface area (TPSA) is 54.3 Å². The molecule has 1 N–H and O–H groups in total. The molecular formula is C14H18N2O2. The second-order valence-corrected chi connectivity index (χ2v) is 4.54. The summed E-state index contributed by atoms with van der Waals surface area (Å²) in [5, 5.41) is 12.5. The monoisotopic (exact) mass is 246 g/mol. The Bertz CT molecular complexity index is 454. The van der Waals surface area contributed by atoms with Crippen LogP contribution >= 0.6 is 0 Å². The summed E-state index contributed by atoms with van der Waals surface area (Å²) in [5.74, 6) is 0.762. The van der Waals surface area contributed by atoms with Crippen molar-refractivity contribution in [3.63, 3.8) is 0 Å². The summed E-state index contributed by atoms with van der Waals surface area (Å²) in [6.45, 7) is 0. The Kier molecular flexibility index (Phi) is 4.06. The number of anilines is 1. The van der Waals surface area contributed by atoms with Gasteiger partial charge in [-0.15, -0.1) is 0 Å². The Hall–Kier alpha value is -1.73. The number of benzene rings is 1. The zero-order valence-corrected chi connectivity index (χ0v) is 10.8. The fourth-order valence-corrected chi connectivity index (χ4v) is 2.37. The number of methoxy groups -OCH3 is 2. The number of rotatable bonds is 4. The summed E-state index contributed by atoms with van der Waals surface area (Å²) in [5.41, 5.74) is 1.50. The van der Waals surface area contributed by atoms with E-state index < -0.39 is 0 Å². The fourth-order valence-electron chi connectivity index (χ4n) is 2.37. The first kappa shape index (κ1) is 12.7. The van der Waals surface area contributed by atoms with Gasteiger partial charge in [0.05, 0.1) is 24.5 Å². The van der Waals surface area contributed by atoms with E-state index in [1.807, 2.05) is 6.07 Å². The van der Waals surface area contributed by atoms with Crippen molar-refractivity contribution in [2.45, 2.75) is 31.4 Å². The van der Waals surface area contributed by atoms with Crippen molar-refractivity contribution in [3.8, 4) is 11.8 Å². The Labute approximate surface area is 108 Å². The minimum Gasteiger partial charge on any atom is -0.497 e. The molecular weight excluding hydrogens is 228 g/mol. The van der Waals surface area contributed by atoms with E-state index in [4.69, 9.17) is 14.7 Å². The highest BCUT2D eigenvalue weighted by Gasteiger charge is 2.24. The summed E-state index contributed by atoms with van der Waals surface area (Å²) >= 11 is 0. The van der Waals surface area contributed by atoms with Gasteiger partial charge in [0.1, 0.15) is 11.8 Å². The molecule has 1 aromatic carbocycles. The van der Waals surface area contributed by atoms with Gasteiger partial charge in [-0.2, -0.15) is 5.26 Å². The van der Waals surface area contributed by atoms with E-state index in [1.165, 1.54) is 0 Å². The van der Waals surface area contributed by atoms with Crippen LogP contribution in [-0.2, 0) is 4.74 Å². The average Bonchev–Trinajstić information content (AvgIpc) is 2.86. The molecule has 2 unspecified atom stereocenters. The lowest BCUT2D eigenvalue weighted by Crippen LogP contribution is -2.18. The number of ether oxygens (including phenoxy) is 2. The van der Waals surface area contributed by atoms with Crippen molar-refractivity contribution < 1.29 is 9.47 Å². The summed E-state index contributed by atoms with van der Waals surface area (Å²) in [7, 11) is 3.38. The second-order valence-electron chi connectivity index (χ2n) is 4.54. The highest BCUT2D eigenvalue weighted by molar-refractivity contribution is 5.61. The largest absolute Gasteiger partial charge is 0.497 e. The van der Waals surface area contributed by atoms with Gasteiger partial charge in [0, 0.05) is 19.2 Å². The second kappa shape index (κ2) is 5.74. The van der Waals surface area contributed by atoms with Crippen molar-refractivity contribution in [2.24, 2.45) is 0 Å². The summed E-state index contributed by atoms with van der Waals surface area (Å²) in [4.78, 5) is 0. The highest BCUT2D eigenvalue weighted by atomic mass is 16.5. The van der Waals surface area contributed by atoms with Gasteiger partial charge in [0.2, 0.25) is 0 Å². The van der Waals surface area contributed by atoms with Gasteiger partial charge in [-0.05, 0) is 31.4 Å². The van der Waals surface area contributed by atoms with Crippen LogP contribution in [0, 0.1) is 11.3 Å². The van der Waals surface area contributed by atoms with Gasteiger partial charge in [0.15, 0.2) is 0 Å². The molecule has 1 aliphatic carbocycles. The number of hydrogen-bond donors (Lipinski definition) is 1. The first-order valence-corrected chi connectivity index (χ1v) is 6.14. The number of nitrogens with zero attached hydrogens (tertiary/aromatic N) is 1. The van der Waals surface area contributed by atoms with Crippen LogP contribution in [0.2, 0.25) is 0 Å². The predicted molar refractivity (Wildman–Crippen MR) is 69.8 cm³/mol. The van der Waals surface area contributed by atoms with Crippen molar-refractivity contribution in [1.29, 1.82) is 5.26 Å². The molecule has 0 heterocycles. The third-order valence-corrected chi connectivity index (χ3v) is 3.42. The first-order valence-electron chi connectivity index (χ1n) is 6.14. The van der Waals surface area contributed by atoms with Crippen LogP contribution in [0.3, 0.4) is 0 Å². The Morgan fingerprint density at radius 1 is 1.33 bits per heavy atom. The minimum absolute atomic E-state index is 0.332. The molecule has 0 spiro atoms. The fraction of sp³-hybridized carbons (Fsp3) is 0.500. The van der Waals surface area contributed by atoms with Crippen molar-refractivity contribution in [3.05, 3.63) is 23.8 Å². The summed E-state index contributed by atoms with van der Waals surface area (Å²) in [6.07, 6.45) is 3.46. The van der Waals surface area contributed by atoms with Crippen LogP contribution in [0.25, 0.3) is 0 Å². The van der Waals surface area contributed by atoms with Crippen LogP contribution in [0.15, 0.2) is 18.2 Å². The van der Waals surface area contributed by atoms with Gasteiger partial charge in [0.25, 0.3) is 0 Å². The molecule has 0 saturated heterocycles. The minimum atomic E-state index is 0.332. The predicted octanol–water partition coefficient (Wildman–Crippen LogP) is 2.55. The van der Waals surface area contributed by atoms with Crippen LogP contribution in [-0.4, -0.2) is 26.4 Å². The smallest absolute Gasteiger partial charge is 0.121 e. The van der Waals surface area contributed by atoms with Gasteiger partial charge >= 0.3 is 0 Å². The Balaban J connectivity index is 2.11. The quantitative estimate of drug-likeness (QED) is 0.887. The van der Waals surface area contributed by atoms with Gasteiger partial charge in [-0.3, -0.25) is 0 Å². The van der Waals surface area contributed by atoms with E-state index in [2.05, 4.69) is 11.4 Å². The zero-order valence-electron chi connectivity index (χ0n) is 10.8. The van der Waals surface area contributed by atoms with Crippen LogP contribution in [0.5, 0.6) is 5.75 Å². The van der Waals surface area contributed by atoms with E-state index >= 15 is 0 Å². The molecule has 2 atom stereocenters. The van der Waals surface area contributed by atoms with E-state index in [1.54, 1.807) is 26.4 Å². The third kappa shape index (κ3) is 2.74. The Morgan fingerprint density at radius 3 is 2.78 bits per heavy atom. The molecule has 0 aliphatic heterocycles. The lowest BCUT2D eigenvalue weighted by atomic mass is 10.1. The molecule has 0 amide bonds. The van der Waals surface area contributed by atoms with Gasteiger partial charge in [-0.25, -0.2) is 0 Å². The molecule has 1 aliphatic rings. The average molecular weight is 246 g/mol. The maximum atomic E-state index is 9.10. The SMILES string of the molecule is COc1ccc(C#N)c(NC2CCC(OC)C2)c1. The van der Waals surface area contributed by atoms with Gasteiger partial charge < -0.3 is 14.8 Å². The zero-order chi connectivity index (χ0) is 13.0. The lowest BCUT2D eigenvalue weighted by molar-refractivity contribution is 0.108. The molecule has 4 nitrogen and oxygen atoms in total. The number of nitriles is 1. The molecule has 2 rings (SSSR count). The van der Waals surface area contributed by atoms with E-state index in [-0.39, 0.29) is 0 Å². The molecule has 1 saturated carbocycles. The van der Waals surface area contributed by atoms with E-state index in [9.17, 15) is 0 Å². The Morgan fingerprint density at radius 2 is 2.17 bits per heavy atom. The molecule has 0 radical (unpaired) electrons. The standard InChI is InChI=1S/C14H18N2O2/c1-17-12-6-4-11(7-12)16-14-8-13(18-2)5-3-10(14)9-15/h3,5,8,11-12,16H,4,6-7H2,1-2H3. The van der Waals surface area contributed by atoms with Crippen molar-refractivity contribution >= 4 is 5.69 Å². The van der Waals surface area contributed by atoms with E-state index in [0.717, 1.165) is 30.7 Å². The molecule has 0 aromatic heterocycles. The van der Waals surface area contributed by atoms with Crippen molar-refractivity contribution in [1.82, 2.24) is 0 Å². The van der Waals surface area contributed by atoms with Gasteiger partial charge in [-0.1, -0.05) is 0 Å². The normalized spacial score (nSPS) is 22.5. The lowest BCUT2D eigenvalue weighted by Gasteiger charge is -2.16. The maximum absolute atomic E-state index is 9.10. The molecule has 0 bridgehead atoms. The molecule has 4 heteroatoms. The number of nitrogens with one attached hydrogen (secondary N) is 1. The van der Waals surface area contributed by atoms with Crippen molar-refractivity contribution in [2.75, 3.05) is 19.5 Å². The summed E-state index contributed by atoms with van der Waals surface area (Å²) < 4.78 is 10.5. The first-order chi connectivity index (χ1) is 8.76. The van der Waals surface area contributed by atoms with Crippen LogP contribution < -0.4 is 10.1 Å². The third-order valence-electron chi connectivity index (χ3n) is 3.42.